The van der Waals surface area contributed by atoms with E-state index in [0.29, 0.717) is 18.5 Å². The molecule has 16 heavy (non-hydrogen) atoms. The molecule has 0 radical (unpaired) electrons. The second kappa shape index (κ2) is 6.86. The third-order valence-corrected chi connectivity index (χ3v) is 3.22. The van der Waals surface area contributed by atoms with Crippen LogP contribution in [0.15, 0.2) is 0 Å². The van der Waals surface area contributed by atoms with E-state index in [4.69, 9.17) is 0 Å². The maximum Gasteiger partial charge on any atom is 0.234 e. The van der Waals surface area contributed by atoms with Crippen LogP contribution in [0.2, 0.25) is 0 Å². The first-order chi connectivity index (χ1) is 7.65. The number of carbonyl (C=O) groups excluding carboxylic acids is 1. The zero-order chi connectivity index (χ0) is 12.0. The average molecular weight is 227 g/mol. The van der Waals surface area contributed by atoms with Crippen molar-refractivity contribution in [3.63, 3.8) is 0 Å². The van der Waals surface area contributed by atoms with Gasteiger partial charge in [-0.2, -0.15) is 0 Å². The first-order valence-electron chi connectivity index (χ1n) is 6.30. The highest BCUT2D eigenvalue weighted by atomic mass is 16.1. The first-order valence-corrected chi connectivity index (χ1v) is 6.30. The molecule has 0 bridgehead atoms. The van der Waals surface area contributed by atoms with Gasteiger partial charge in [0.1, 0.15) is 0 Å². The SMILES string of the molecule is CNCC(=O)NCC(C(C)C)N1CCCC1. The Bertz CT molecular complexity index is 212. The van der Waals surface area contributed by atoms with Gasteiger partial charge in [0.25, 0.3) is 0 Å². The van der Waals surface area contributed by atoms with Crippen LogP contribution in [0.4, 0.5) is 0 Å². The molecule has 1 unspecified atom stereocenters. The van der Waals surface area contributed by atoms with Gasteiger partial charge >= 0.3 is 0 Å². The van der Waals surface area contributed by atoms with Crippen molar-refractivity contribution in [1.29, 1.82) is 0 Å². The molecule has 1 saturated heterocycles. The third-order valence-electron chi connectivity index (χ3n) is 3.22. The van der Waals surface area contributed by atoms with Crippen LogP contribution in [0, 0.1) is 5.92 Å². The summed E-state index contributed by atoms with van der Waals surface area (Å²) in [5.41, 5.74) is 0. The normalized spacial score (nSPS) is 19.0. The summed E-state index contributed by atoms with van der Waals surface area (Å²) in [7, 11) is 1.79. The van der Waals surface area contributed by atoms with Crippen molar-refractivity contribution in [2.45, 2.75) is 32.7 Å². The molecule has 1 fully saturated rings. The van der Waals surface area contributed by atoms with E-state index in [2.05, 4.69) is 29.4 Å². The quantitative estimate of drug-likeness (QED) is 0.692. The maximum atomic E-state index is 11.4. The minimum absolute atomic E-state index is 0.0901. The van der Waals surface area contributed by atoms with Gasteiger partial charge in [-0.1, -0.05) is 13.8 Å². The van der Waals surface area contributed by atoms with Gasteiger partial charge < -0.3 is 10.6 Å². The molecule has 0 spiro atoms. The summed E-state index contributed by atoms with van der Waals surface area (Å²) < 4.78 is 0. The molecule has 1 aliphatic heterocycles. The number of nitrogens with one attached hydrogen (secondary N) is 2. The Balaban J connectivity index is 2.36. The molecule has 1 aliphatic rings. The second-order valence-electron chi connectivity index (χ2n) is 4.89. The van der Waals surface area contributed by atoms with Crippen LogP contribution in [0.1, 0.15) is 26.7 Å². The standard InChI is InChI=1S/C12H25N3O/c1-10(2)11(15-6-4-5-7-15)8-14-12(16)9-13-3/h10-11,13H,4-9H2,1-3H3,(H,14,16). The van der Waals surface area contributed by atoms with Crippen molar-refractivity contribution in [3.05, 3.63) is 0 Å². The molecule has 0 aromatic rings. The molecular formula is C12H25N3O. The lowest BCUT2D eigenvalue weighted by molar-refractivity contribution is -0.120. The highest BCUT2D eigenvalue weighted by molar-refractivity contribution is 5.77. The largest absolute Gasteiger partial charge is 0.353 e. The molecule has 1 rings (SSSR count). The molecule has 1 heterocycles. The van der Waals surface area contributed by atoms with Crippen LogP contribution in [0.5, 0.6) is 0 Å². The van der Waals surface area contributed by atoms with Gasteiger partial charge in [0.05, 0.1) is 6.54 Å². The van der Waals surface area contributed by atoms with Crippen LogP contribution in [-0.2, 0) is 4.79 Å². The Morgan fingerprint density at radius 2 is 1.94 bits per heavy atom. The van der Waals surface area contributed by atoms with E-state index in [1.807, 2.05) is 0 Å². The Morgan fingerprint density at radius 3 is 2.44 bits per heavy atom. The molecule has 1 amide bonds. The zero-order valence-electron chi connectivity index (χ0n) is 10.8. The monoisotopic (exact) mass is 227 g/mol. The molecule has 94 valence electrons. The average Bonchev–Trinajstić information content (AvgIpc) is 2.71. The second-order valence-corrected chi connectivity index (χ2v) is 4.89. The van der Waals surface area contributed by atoms with Gasteiger partial charge in [-0.05, 0) is 38.9 Å². The summed E-state index contributed by atoms with van der Waals surface area (Å²) in [5.74, 6) is 0.681. The number of nitrogens with zero attached hydrogens (tertiary/aromatic N) is 1. The Kier molecular flexibility index (Phi) is 5.77. The fourth-order valence-corrected chi connectivity index (χ4v) is 2.30. The molecule has 4 nitrogen and oxygen atoms in total. The van der Waals surface area contributed by atoms with E-state index in [9.17, 15) is 4.79 Å². The number of carbonyl (C=O) groups is 1. The van der Waals surface area contributed by atoms with Gasteiger partial charge in [-0.3, -0.25) is 9.69 Å². The van der Waals surface area contributed by atoms with E-state index < -0.39 is 0 Å². The maximum absolute atomic E-state index is 11.4. The smallest absolute Gasteiger partial charge is 0.234 e. The van der Waals surface area contributed by atoms with E-state index in [1.165, 1.54) is 25.9 Å². The van der Waals surface area contributed by atoms with E-state index >= 15 is 0 Å². The fraction of sp³-hybridized carbons (Fsp3) is 0.917. The summed E-state index contributed by atoms with van der Waals surface area (Å²) in [6.07, 6.45) is 2.60. The lowest BCUT2D eigenvalue weighted by Gasteiger charge is -2.31. The van der Waals surface area contributed by atoms with Gasteiger partial charge in [0.15, 0.2) is 0 Å². The topological polar surface area (TPSA) is 44.4 Å². The molecule has 1 atom stereocenters. The van der Waals surface area contributed by atoms with E-state index in [-0.39, 0.29) is 5.91 Å². The summed E-state index contributed by atoms with van der Waals surface area (Å²) in [4.78, 5) is 13.9. The van der Waals surface area contributed by atoms with Gasteiger partial charge in [-0.15, -0.1) is 0 Å². The predicted molar refractivity (Wildman–Crippen MR) is 66.4 cm³/mol. The van der Waals surface area contributed by atoms with Crippen LogP contribution >= 0.6 is 0 Å². The highest BCUT2D eigenvalue weighted by Crippen LogP contribution is 2.16. The lowest BCUT2D eigenvalue weighted by Crippen LogP contribution is -2.47. The minimum Gasteiger partial charge on any atom is -0.353 e. The molecule has 0 aromatic carbocycles. The van der Waals surface area contributed by atoms with Crippen molar-refractivity contribution in [2.75, 3.05) is 33.2 Å². The highest BCUT2D eigenvalue weighted by Gasteiger charge is 2.24. The van der Waals surface area contributed by atoms with Crippen molar-refractivity contribution < 1.29 is 4.79 Å². The Labute approximate surface area is 98.8 Å². The molecule has 0 aromatic heterocycles. The molecule has 2 N–H and O–H groups in total. The lowest BCUT2D eigenvalue weighted by atomic mass is 10.0. The molecule has 0 saturated carbocycles. The number of likely N-dealkylation sites (tertiary alicyclic amines) is 1. The van der Waals surface area contributed by atoms with Crippen molar-refractivity contribution in [1.82, 2.24) is 15.5 Å². The Morgan fingerprint density at radius 1 is 1.31 bits per heavy atom. The van der Waals surface area contributed by atoms with Crippen molar-refractivity contribution >= 4 is 5.91 Å². The zero-order valence-corrected chi connectivity index (χ0v) is 10.8. The van der Waals surface area contributed by atoms with Crippen LogP contribution in [-0.4, -0.2) is 50.1 Å². The number of hydrogen-bond donors (Lipinski definition) is 2. The number of hydrogen-bond acceptors (Lipinski definition) is 3. The van der Waals surface area contributed by atoms with Crippen molar-refractivity contribution in [2.24, 2.45) is 5.92 Å². The third kappa shape index (κ3) is 4.10. The molecule has 4 heteroatoms. The summed E-state index contributed by atoms with van der Waals surface area (Å²) in [6, 6.07) is 0.489. The van der Waals surface area contributed by atoms with Gasteiger partial charge in [0, 0.05) is 12.6 Å². The summed E-state index contributed by atoms with van der Waals surface area (Å²) in [6.45, 7) is 8.01. The van der Waals surface area contributed by atoms with E-state index in [0.717, 1.165) is 6.54 Å². The van der Waals surface area contributed by atoms with Gasteiger partial charge in [0.2, 0.25) is 5.91 Å². The molecular weight excluding hydrogens is 202 g/mol. The summed E-state index contributed by atoms with van der Waals surface area (Å²) in [5, 5.41) is 5.86. The summed E-state index contributed by atoms with van der Waals surface area (Å²) >= 11 is 0. The van der Waals surface area contributed by atoms with E-state index in [1.54, 1.807) is 7.05 Å². The molecule has 0 aliphatic carbocycles. The van der Waals surface area contributed by atoms with Crippen molar-refractivity contribution in [3.8, 4) is 0 Å². The minimum atomic E-state index is 0.0901. The first kappa shape index (κ1) is 13.5. The van der Waals surface area contributed by atoms with Crippen LogP contribution in [0.25, 0.3) is 0 Å². The van der Waals surface area contributed by atoms with Crippen LogP contribution < -0.4 is 10.6 Å². The predicted octanol–water partition coefficient (Wildman–Crippen LogP) is 0.442. The number of likely N-dealkylation sites (N-methyl/N-ethyl adjacent to an activating group) is 1. The Hall–Kier alpha value is -0.610. The number of rotatable bonds is 6. The van der Waals surface area contributed by atoms with Crippen LogP contribution in [0.3, 0.4) is 0 Å². The van der Waals surface area contributed by atoms with Gasteiger partial charge in [-0.25, -0.2) is 0 Å². The fourth-order valence-electron chi connectivity index (χ4n) is 2.30. The number of amides is 1.